The molecule has 0 spiro atoms. The molecular weight excluding hydrogens is 337 g/mol. The molecule has 0 unspecified atom stereocenters. The predicted octanol–water partition coefficient (Wildman–Crippen LogP) is 5.33. The van der Waals surface area contributed by atoms with Crippen molar-refractivity contribution in [3.05, 3.63) is 65.2 Å². The highest BCUT2D eigenvalue weighted by Crippen LogP contribution is 2.30. The van der Waals surface area contributed by atoms with Crippen molar-refractivity contribution in [1.29, 1.82) is 0 Å². The van der Waals surface area contributed by atoms with Crippen LogP contribution in [-0.4, -0.2) is 19.1 Å². The van der Waals surface area contributed by atoms with Gasteiger partial charge in [-0.2, -0.15) is 13.2 Å². The van der Waals surface area contributed by atoms with Crippen LogP contribution in [0.15, 0.2) is 53.4 Å². The van der Waals surface area contributed by atoms with E-state index in [1.807, 2.05) is 18.4 Å². The van der Waals surface area contributed by atoms with Gasteiger partial charge in [-0.1, -0.05) is 24.3 Å². The van der Waals surface area contributed by atoms with E-state index in [2.05, 4.69) is 0 Å². The van der Waals surface area contributed by atoms with Crippen molar-refractivity contribution in [1.82, 2.24) is 0 Å². The lowest BCUT2D eigenvalue weighted by molar-refractivity contribution is -0.137. The van der Waals surface area contributed by atoms with Crippen LogP contribution in [0.5, 0.6) is 5.75 Å². The van der Waals surface area contributed by atoms with Gasteiger partial charge in [0.15, 0.2) is 5.78 Å². The zero-order valence-electron chi connectivity index (χ0n) is 13.1. The minimum atomic E-state index is -4.47. The average Bonchev–Trinajstić information content (AvgIpc) is 2.58. The molecule has 0 amide bonds. The van der Waals surface area contributed by atoms with Gasteiger partial charge in [-0.15, -0.1) is 11.8 Å². The Hall–Kier alpha value is -2.21. The lowest BCUT2D eigenvalue weighted by atomic mass is 10.1. The third kappa shape index (κ3) is 4.41. The standard InChI is InChI=1S/C18H15F3O2S/c1-23-16-10-12(7-9-17(16)24-2)6-8-15(22)13-4-3-5-14(11-13)18(19,20)21/h3-11H,1-2H3/b8-6+. The van der Waals surface area contributed by atoms with Gasteiger partial charge in [0, 0.05) is 10.5 Å². The number of thioether (sulfide) groups is 1. The Morgan fingerprint density at radius 3 is 2.54 bits per heavy atom. The molecule has 0 radical (unpaired) electrons. The van der Waals surface area contributed by atoms with Crippen LogP contribution >= 0.6 is 11.8 Å². The molecular formula is C18H15F3O2S. The first-order valence-electron chi connectivity index (χ1n) is 6.97. The second-order valence-electron chi connectivity index (χ2n) is 4.89. The first-order chi connectivity index (χ1) is 11.3. The predicted molar refractivity (Wildman–Crippen MR) is 89.6 cm³/mol. The molecule has 0 heterocycles. The van der Waals surface area contributed by atoms with Gasteiger partial charge in [-0.25, -0.2) is 0 Å². The minimum absolute atomic E-state index is 0.00576. The molecule has 0 saturated carbocycles. The number of carbonyl (C=O) groups is 1. The van der Waals surface area contributed by atoms with Gasteiger partial charge in [0.1, 0.15) is 5.75 Å². The van der Waals surface area contributed by atoms with Crippen molar-refractivity contribution in [2.45, 2.75) is 11.1 Å². The lowest BCUT2D eigenvalue weighted by Gasteiger charge is -2.07. The number of carbonyl (C=O) groups excluding carboxylic acids is 1. The number of methoxy groups -OCH3 is 1. The van der Waals surface area contributed by atoms with Crippen molar-refractivity contribution in [3.8, 4) is 5.75 Å². The SMILES string of the molecule is COc1cc(/C=C/C(=O)c2cccc(C(F)(F)F)c2)ccc1SC. The van der Waals surface area contributed by atoms with E-state index in [1.54, 1.807) is 19.3 Å². The molecule has 0 fully saturated rings. The Labute approximate surface area is 142 Å². The van der Waals surface area contributed by atoms with E-state index < -0.39 is 17.5 Å². The molecule has 0 atom stereocenters. The molecule has 2 rings (SSSR count). The average molecular weight is 352 g/mol. The molecule has 0 aliphatic heterocycles. The summed E-state index contributed by atoms with van der Waals surface area (Å²) >= 11 is 1.53. The van der Waals surface area contributed by atoms with Gasteiger partial charge in [0.2, 0.25) is 0 Å². The fourth-order valence-electron chi connectivity index (χ4n) is 2.07. The first kappa shape index (κ1) is 18.1. The van der Waals surface area contributed by atoms with Crippen LogP contribution in [0.2, 0.25) is 0 Å². The van der Waals surface area contributed by atoms with Crippen molar-refractivity contribution < 1.29 is 22.7 Å². The number of allylic oxidation sites excluding steroid dienone is 1. The Morgan fingerprint density at radius 1 is 1.17 bits per heavy atom. The number of benzene rings is 2. The largest absolute Gasteiger partial charge is 0.496 e. The van der Waals surface area contributed by atoms with E-state index in [1.165, 1.54) is 30.0 Å². The van der Waals surface area contributed by atoms with E-state index in [4.69, 9.17) is 4.74 Å². The molecule has 2 aromatic carbocycles. The number of rotatable bonds is 5. The van der Waals surface area contributed by atoms with Crippen LogP contribution in [0.25, 0.3) is 6.08 Å². The van der Waals surface area contributed by atoms with E-state index in [0.717, 1.165) is 22.6 Å². The Balaban J connectivity index is 2.22. The second kappa shape index (κ2) is 7.57. The highest BCUT2D eigenvalue weighted by atomic mass is 32.2. The summed E-state index contributed by atoms with van der Waals surface area (Å²) in [7, 11) is 1.55. The second-order valence-corrected chi connectivity index (χ2v) is 5.74. The molecule has 2 nitrogen and oxygen atoms in total. The number of alkyl halides is 3. The van der Waals surface area contributed by atoms with Crippen LogP contribution in [0.4, 0.5) is 13.2 Å². The maximum absolute atomic E-state index is 12.7. The van der Waals surface area contributed by atoms with Crippen LogP contribution in [-0.2, 0) is 6.18 Å². The summed E-state index contributed by atoms with van der Waals surface area (Å²) in [6, 6.07) is 9.81. The molecule has 0 aliphatic rings. The van der Waals surface area contributed by atoms with Gasteiger partial charge in [-0.05, 0) is 42.2 Å². The Kier molecular flexibility index (Phi) is 5.72. The molecule has 126 valence electrons. The number of halogens is 3. The molecule has 0 aliphatic carbocycles. The fraction of sp³-hybridized carbons (Fsp3) is 0.167. The summed E-state index contributed by atoms with van der Waals surface area (Å²) in [4.78, 5) is 13.0. The summed E-state index contributed by atoms with van der Waals surface area (Å²) in [5.74, 6) is 0.185. The molecule has 0 aromatic heterocycles. The molecule has 0 saturated heterocycles. The topological polar surface area (TPSA) is 26.3 Å². The zero-order chi connectivity index (χ0) is 17.7. The molecule has 6 heteroatoms. The highest BCUT2D eigenvalue weighted by molar-refractivity contribution is 7.98. The van der Waals surface area contributed by atoms with E-state index >= 15 is 0 Å². The number of ketones is 1. The third-order valence-electron chi connectivity index (χ3n) is 3.31. The summed E-state index contributed by atoms with van der Waals surface area (Å²) in [5.41, 5.74) is -0.119. The van der Waals surface area contributed by atoms with Crippen molar-refractivity contribution in [2.75, 3.05) is 13.4 Å². The monoisotopic (exact) mass is 352 g/mol. The first-order valence-corrected chi connectivity index (χ1v) is 8.19. The summed E-state index contributed by atoms with van der Waals surface area (Å²) < 4.78 is 43.3. The number of hydrogen-bond acceptors (Lipinski definition) is 3. The van der Waals surface area contributed by atoms with Crippen LogP contribution < -0.4 is 4.74 Å². The molecule has 24 heavy (non-hydrogen) atoms. The quantitative estimate of drug-likeness (QED) is 0.413. The van der Waals surface area contributed by atoms with E-state index in [-0.39, 0.29) is 5.56 Å². The maximum atomic E-state index is 12.7. The summed E-state index contributed by atoms with van der Waals surface area (Å²) in [5, 5.41) is 0. The van der Waals surface area contributed by atoms with Crippen LogP contribution in [0.1, 0.15) is 21.5 Å². The van der Waals surface area contributed by atoms with E-state index in [9.17, 15) is 18.0 Å². The van der Waals surface area contributed by atoms with Gasteiger partial charge < -0.3 is 4.74 Å². The Bertz CT molecular complexity index is 767. The van der Waals surface area contributed by atoms with Crippen LogP contribution in [0.3, 0.4) is 0 Å². The normalized spacial score (nSPS) is 11.7. The zero-order valence-corrected chi connectivity index (χ0v) is 13.9. The molecule has 0 bridgehead atoms. The number of hydrogen-bond donors (Lipinski definition) is 0. The van der Waals surface area contributed by atoms with Crippen molar-refractivity contribution >= 4 is 23.6 Å². The van der Waals surface area contributed by atoms with Gasteiger partial charge in [0.05, 0.1) is 12.7 Å². The van der Waals surface area contributed by atoms with Crippen molar-refractivity contribution in [2.24, 2.45) is 0 Å². The van der Waals surface area contributed by atoms with Gasteiger partial charge in [0.25, 0.3) is 0 Å². The van der Waals surface area contributed by atoms with Crippen molar-refractivity contribution in [3.63, 3.8) is 0 Å². The summed E-state index contributed by atoms with van der Waals surface area (Å²) in [6.45, 7) is 0. The summed E-state index contributed by atoms with van der Waals surface area (Å²) in [6.07, 6.45) is 0.254. The van der Waals surface area contributed by atoms with E-state index in [0.29, 0.717) is 5.75 Å². The smallest absolute Gasteiger partial charge is 0.416 e. The van der Waals surface area contributed by atoms with Gasteiger partial charge >= 0.3 is 6.18 Å². The highest BCUT2D eigenvalue weighted by Gasteiger charge is 2.30. The van der Waals surface area contributed by atoms with Crippen LogP contribution in [0, 0.1) is 0 Å². The lowest BCUT2D eigenvalue weighted by Crippen LogP contribution is -2.06. The number of ether oxygens (including phenoxy) is 1. The minimum Gasteiger partial charge on any atom is -0.496 e. The fourth-order valence-corrected chi connectivity index (χ4v) is 2.62. The Morgan fingerprint density at radius 2 is 1.92 bits per heavy atom. The molecule has 2 aromatic rings. The molecule has 0 N–H and O–H groups in total. The maximum Gasteiger partial charge on any atom is 0.416 e. The third-order valence-corrected chi connectivity index (χ3v) is 4.09. The van der Waals surface area contributed by atoms with Gasteiger partial charge in [-0.3, -0.25) is 4.79 Å².